The van der Waals surface area contributed by atoms with Gasteiger partial charge in [0.05, 0.1) is 6.61 Å². The van der Waals surface area contributed by atoms with Gasteiger partial charge in [0, 0.05) is 11.1 Å². The van der Waals surface area contributed by atoms with E-state index >= 15 is 0 Å². The number of benzene rings is 2. The zero-order chi connectivity index (χ0) is 21.8. The van der Waals surface area contributed by atoms with Crippen molar-refractivity contribution in [3.05, 3.63) is 78.4 Å². The average Bonchev–Trinajstić information content (AvgIpc) is 2.73. The first-order valence-electron chi connectivity index (χ1n) is 9.76. The molecule has 2 aromatic rings. The summed E-state index contributed by atoms with van der Waals surface area (Å²) >= 11 is 0. The number of ether oxygens (including phenoxy) is 2. The Labute approximate surface area is 173 Å². The van der Waals surface area contributed by atoms with Crippen LogP contribution in [0.5, 0.6) is 5.75 Å². The van der Waals surface area contributed by atoms with E-state index in [-0.39, 0.29) is 5.97 Å². The fourth-order valence-corrected chi connectivity index (χ4v) is 2.34. The zero-order valence-electron chi connectivity index (χ0n) is 17.8. The van der Waals surface area contributed by atoms with Gasteiger partial charge in [-0.05, 0) is 55.5 Å². The Morgan fingerprint density at radius 3 is 1.76 bits per heavy atom. The monoisotopic (exact) mass is 394 g/mol. The van der Waals surface area contributed by atoms with Crippen LogP contribution in [0.1, 0.15) is 39.7 Å². The first kappa shape index (κ1) is 23.9. The summed E-state index contributed by atoms with van der Waals surface area (Å²) in [6.07, 6.45) is 1.60. The highest BCUT2D eigenvalue weighted by molar-refractivity contribution is 5.88. The van der Waals surface area contributed by atoms with Crippen LogP contribution in [0.4, 0.5) is 0 Å². The number of hydrogen-bond acceptors (Lipinski definition) is 4. The van der Waals surface area contributed by atoms with Crippen molar-refractivity contribution in [3.63, 3.8) is 0 Å². The lowest BCUT2D eigenvalue weighted by atomic mass is 10.0. The fraction of sp³-hybridized carbons (Fsp3) is 0.280. The van der Waals surface area contributed by atoms with Crippen molar-refractivity contribution in [2.24, 2.45) is 0 Å². The lowest BCUT2D eigenvalue weighted by molar-refractivity contribution is -0.139. The Morgan fingerprint density at radius 1 is 0.793 bits per heavy atom. The van der Waals surface area contributed by atoms with Crippen LogP contribution in [0.15, 0.2) is 72.8 Å². The number of esters is 2. The van der Waals surface area contributed by atoms with Gasteiger partial charge < -0.3 is 9.47 Å². The molecule has 29 heavy (non-hydrogen) atoms. The van der Waals surface area contributed by atoms with Crippen molar-refractivity contribution in [2.75, 3.05) is 6.61 Å². The molecule has 0 spiro atoms. The quantitative estimate of drug-likeness (QED) is 0.242. The molecular formula is C25H30O4. The average molecular weight is 395 g/mol. The minimum atomic E-state index is -0.430. The number of carbonyl (C=O) groups excluding carboxylic acids is 2. The molecule has 4 nitrogen and oxygen atoms in total. The SMILES string of the molecule is C=C(C)C(=O)OCCCc1ccc(-c2ccc(OC(=O)C(=C)C)cc2)cc1.CC. The zero-order valence-corrected chi connectivity index (χ0v) is 17.8. The predicted molar refractivity (Wildman–Crippen MR) is 118 cm³/mol. The molecule has 0 aromatic heterocycles. The summed E-state index contributed by atoms with van der Waals surface area (Å²) < 4.78 is 10.3. The van der Waals surface area contributed by atoms with E-state index in [2.05, 4.69) is 25.3 Å². The maximum atomic E-state index is 11.5. The van der Waals surface area contributed by atoms with Gasteiger partial charge in [-0.3, -0.25) is 0 Å². The summed E-state index contributed by atoms with van der Waals surface area (Å²) in [5, 5.41) is 0. The van der Waals surface area contributed by atoms with Gasteiger partial charge in [0.15, 0.2) is 0 Å². The van der Waals surface area contributed by atoms with Gasteiger partial charge in [-0.2, -0.15) is 0 Å². The topological polar surface area (TPSA) is 52.6 Å². The van der Waals surface area contributed by atoms with Crippen molar-refractivity contribution < 1.29 is 19.1 Å². The molecule has 0 aliphatic rings. The standard InChI is InChI=1S/C23H24O4.C2H6/c1-16(2)22(24)26-15-5-6-18-7-9-19(10-8-18)20-11-13-21(14-12-20)27-23(25)17(3)4;1-2/h7-14H,1,3,5-6,15H2,2,4H3;1-2H3. The molecule has 0 saturated heterocycles. The van der Waals surface area contributed by atoms with Crippen molar-refractivity contribution in [2.45, 2.75) is 40.5 Å². The largest absolute Gasteiger partial charge is 0.462 e. The van der Waals surface area contributed by atoms with E-state index in [1.165, 1.54) is 5.56 Å². The van der Waals surface area contributed by atoms with Crippen LogP contribution in [-0.4, -0.2) is 18.5 Å². The normalized spacial score (nSPS) is 9.66. The van der Waals surface area contributed by atoms with Gasteiger partial charge in [0.1, 0.15) is 5.75 Å². The molecule has 2 rings (SSSR count). The molecule has 2 aromatic carbocycles. The Balaban J connectivity index is 0.00000204. The van der Waals surface area contributed by atoms with Crippen LogP contribution >= 0.6 is 0 Å². The van der Waals surface area contributed by atoms with E-state index in [9.17, 15) is 9.59 Å². The molecule has 0 amide bonds. The molecule has 0 bridgehead atoms. The lowest BCUT2D eigenvalue weighted by Gasteiger charge is -2.07. The second-order valence-corrected chi connectivity index (χ2v) is 6.41. The molecule has 0 N–H and O–H groups in total. The molecule has 154 valence electrons. The highest BCUT2D eigenvalue weighted by Crippen LogP contribution is 2.23. The van der Waals surface area contributed by atoms with E-state index in [4.69, 9.17) is 9.47 Å². The minimum absolute atomic E-state index is 0.345. The Kier molecular flexibility index (Phi) is 10.2. The number of carbonyl (C=O) groups is 2. The lowest BCUT2D eigenvalue weighted by Crippen LogP contribution is -2.07. The third-order valence-electron chi connectivity index (χ3n) is 3.89. The molecule has 4 heteroatoms. The third kappa shape index (κ3) is 8.18. The van der Waals surface area contributed by atoms with E-state index in [0.717, 1.165) is 24.0 Å². The van der Waals surface area contributed by atoms with Crippen LogP contribution in [0.2, 0.25) is 0 Å². The highest BCUT2D eigenvalue weighted by atomic mass is 16.5. The third-order valence-corrected chi connectivity index (χ3v) is 3.89. The molecule has 0 aliphatic carbocycles. The number of rotatable bonds is 8. The van der Waals surface area contributed by atoms with Crippen LogP contribution in [0.25, 0.3) is 11.1 Å². The smallest absolute Gasteiger partial charge is 0.338 e. The first-order valence-corrected chi connectivity index (χ1v) is 9.76. The maximum absolute atomic E-state index is 11.5. The minimum Gasteiger partial charge on any atom is -0.462 e. The molecule has 0 atom stereocenters. The van der Waals surface area contributed by atoms with Gasteiger partial charge in [0.25, 0.3) is 0 Å². The van der Waals surface area contributed by atoms with Gasteiger partial charge in [-0.15, -0.1) is 0 Å². The number of hydrogen-bond donors (Lipinski definition) is 0. The summed E-state index contributed by atoms with van der Waals surface area (Å²) in [6, 6.07) is 15.6. The molecule has 0 aliphatic heterocycles. The molecule has 0 saturated carbocycles. The Bertz CT molecular complexity index is 830. The van der Waals surface area contributed by atoms with E-state index in [1.807, 2.05) is 38.1 Å². The van der Waals surface area contributed by atoms with Crippen molar-refractivity contribution in [3.8, 4) is 16.9 Å². The molecule has 0 unspecified atom stereocenters. The Hall–Kier alpha value is -3.14. The summed E-state index contributed by atoms with van der Waals surface area (Å²) in [5.74, 6) is -0.281. The van der Waals surface area contributed by atoms with Crippen LogP contribution < -0.4 is 4.74 Å². The fourth-order valence-electron chi connectivity index (χ4n) is 2.34. The summed E-state index contributed by atoms with van der Waals surface area (Å²) in [4.78, 5) is 22.8. The van der Waals surface area contributed by atoms with Gasteiger partial charge >= 0.3 is 11.9 Å². The second-order valence-electron chi connectivity index (χ2n) is 6.41. The van der Waals surface area contributed by atoms with E-state index < -0.39 is 5.97 Å². The van der Waals surface area contributed by atoms with Crippen molar-refractivity contribution in [1.82, 2.24) is 0 Å². The van der Waals surface area contributed by atoms with E-state index in [0.29, 0.717) is 23.5 Å². The molecule has 0 heterocycles. The van der Waals surface area contributed by atoms with E-state index in [1.54, 1.807) is 26.0 Å². The van der Waals surface area contributed by atoms with Gasteiger partial charge in [-0.1, -0.05) is 63.4 Å². The Morgan fingerprint density at radius 2 is 1.28 bits per heavy atom. The summed E-state index contributed by atoms with van der Waals surface area (Å²) in [5.41, 5.74) is 4.07. The summed E-state index contributed by atoms with van der Waals surface area (Å²) in [7, 11) is 0. The van der Waals surface area contributed by atoms with Crippen molar-refractivity contribution >= 4 is 11.9 Å². The van der Waals surface area contributed by atoms with Gasteiger partial charge in [0.2, 0.25) is 0 Å². The van der Waals surface area contributed by atoms with Gasteiger partial charge in [-0.25, -0.2) is 9.59 Å². The molecule has 0 fully saturated rings. The number of aryl methyl sites for hydroxylation is 1. The second kappa shape index (κ2) is 12.3. The van der Waals surface area contributed by atoms with Crippen LogP contribution in [0.3, 0.4) is 0 Å². The van der Waals surface area contributed by atoms with Crippen molar-refractivity contribution in [1.29, 1.82) is 0 Å². The van der Waals surface area contributed by atoms with Crippen LogP contribution in [-0.2, 0) is 20.7 Å². The maximum Gasteiger partial charge on any atom is 0.338 e. The molecular weight excluding hydrogens is 364 g/mol. The first-order chi connectivity index (χ1) is 13.9. The predicted octanol–water partition coefficient (Wildman–Crippen LogP) is 5.91. The van der Waals surface area contributed by atoms with Crippen LogP contribution in [0, 0.1) is 0 Å². The summed E-state index contributed by atoms with van der Waals surface area (Å²) in [6.45, 7) is 14.8. The highest BCUT2D eigenvalue weighted by Gasteiger charge is 2.06. The molecule has 0 radical (unpaired) electrons.